The second-order valence-corrected chi connectivity index (χ2v) is 6.63. The number of ether oxygens (including phenoxy) is 2. The van der Waals surface area contributed by atoms with Crippen LogP contribution in [0.4, 0.5) is 8.78 Å². The van der Waals surface area contributed by atoms with Crippen LogP contribution >= 0.6 is 24.0 Å². The van der Waals surface area contributed by atoms with Crippen molar-refractivity contribution < 1.29 is 18.3 Å². The fraction of sp³-hybridized carbons (Fsp3) is 0.364. The summed E-state index contributed by atoms with van der Waals surface area (Å²) in [7, 11) is 0. The van der Waals surface area contributed by atoms with E-state index in [1.807, 2.05) is 31.2 Å². The van der Waals surface area contributed by atoms with Gasteiger partial charge in [-0.2, -0.15) is 8.78 Å². The number of para-hydroxylation sites is 3. The Bertz CT molecular complexity index is 980. The van der Waals surface area contributed by atoms with Crippen LogP contribution in [-0.2, 0) is 13.0 Å². The zero-order valence-electron chi connectivity index (χ0n) is 18.0. The van der Waals surface area contributed by atoms with Gasteiger partial charge in [0.25, 0.3) is 0 Å². The van der Waals surface area contributed by atoms with Crippen molar-refractivity contribution in [3.8, 4) is 11.5 Å². The number of halogens is 3. The summed E-state index contributed by atoms with van der Waals surface area (Å²) in [5.41, 5.74) is 2.44. The van der Waals surface area contributed by atoms with Gasteiger partial charge in [-0.05, 0) is 32.0 Å². The minimum atomic E-state index is -2.94. The number of hydrogen-bond donors (Lipinski definition) is 3. The van der Waals surface area contributed by atoms with Crippen molar-refractivity contribution >= 4 is 41.0 Å². The van der Waals surface area contributed by atoms with E-state index in [0.29, 0.717) is 37.6 Å². The molecule has 0 radical (unpaired) electrons. The summed E-state index contributed by atoms with van der Waals surface area (Å²) in [5.74, 6) is 1.74. The SMILES string of the molecule is CCNC(=NCc1cccc(OCC)c1OC(F)F)NCCc1nc2ccccc2[nH]1.I. The van der Waals surface area contributed by atoms with Gasteiger partial charge in [0.1, 0.15) is 5.82 Å². The highest BCUT2D eigenvalue weighted by Crippen LogP contribution is 2.33. The molecule has 0 atom stereocenters. The van der Waals surface area contributed by atoms with Gasteiger partial charge in [-0.15, -0.1) is 24.0 Å². The zero-order valence-corrected chi connectivity index (χ0v) is 20.4. The van der Waals surface area contributed by atoms with Gasteiger partial charge in [-0.1, -0.05) is 24.3 Å². The molecule has 2 aromatic carbocycles. The molecular formula is C22H28F2IN5O2. The number of fused-ring (bicyclic) bond motifs is 1. The van der Waals surface area contributed by atoms with Gasteiger partial charge in [0, 0.05) is 25.1 Å². The summed E-state index contributed by atoms with van der Waals surface area (Å²) in [6, 6.07) is 12.9. The molecule has 3 rings (SSSR count). The van der Waals surface area contributed by atoms with E-state index in [-0.39, 0.29) is 42.0 Å². The van der Waals surface area contributed by atoms with E-state index in [0.717, 1.165) is 16.9 Å². The first-order valence-electron chi connectivity index (χ1n) is 10.3. The molecule has 0 unspecified atom stereocenters. The highest BCUT2D eigenvalue weighted by molar-refractivity contribution is 14.0. The first kappa shape index (κ1) is 25.6. The predicted octanol–water partition coefficient (Wildman–Crippen LogP) is 4.48. The summed E-state index contributed by atoms with van der Waals surface area (Å²) >= 11 is 0. The molecule has 0 bridgehead atoms. The lowest BCUT2D eigenvalue weighted by atomic mass is 10.2. The van der Waals surface area contributed by atoms with Gasteiger partial charge >= 0.3 is 6.61 Å². The third kappa shape index (κ3) is 7.21. The maximum absolute atomic E-state index is 12.9. The van der Waals surface area contributed by atoms with E-state index in [1.165, 1.54) is 0 Å². The lowest BCUT2D eigenvalue weighted by Gasteiger charge is -2.15. The third-order valence-corrected chi connectivity index (χ3v) is 4.41. The van der Waals surface area contributed by atoms with Gasteiger partial charge in [0.15, 0.2) is 17.5 Å². The molecule has 3 N–H and O–H groups in total. The van der Waals surface area contributed by atoms with Crippen molar-refractivity contribution in [1.29, 1.82) is 0 Å². The van der Waals surface area contributed by atoms with E-state index in [2.05, 4.69) is 25.6 Å². The summed E-state index contributed by atoms with van der Waals surface area (Å²) in [5, 5.41) is 6.40. The maximum Gasteiger partial charge on any atom is 0.387 e. The zero-order chi connectivity index (χ0) is 22.1. The summed E-state index contributed by atoms with van der Waals surface area (Å²) in [6.45, 7) is 2.56. The van der Waals surface area contributed by atoms with Crippen molar-refractivity contribution in [3.63, 3.8) is 0 Å². The van der Waals surface area contributed by atoms with Crippen LogP contribution in [0.5, 0.6) is 11.5 Å². The van der Waals surface area contributed by atoms with Crippen LogP contribution in [0.15, 0.2) is 47.5 Å². The van der Waals surface area contributed by atoms with Crippen LogP contribution in [0.25, 0.3) is 11.0 Å². The van der Waals surface area contributed by atoms with Gasteiger partial charge in [-0.25, -0.2) is 9.98 Å². The normalized spacial score (nSPS) is 11.3. The van der Waals surface area contributed by atoms with Gasteiger partial charge in [-0.3, -0.25) is 0 Å². The Morgan fingerprint density at radius 3 is 2.66 bits per heavy atom. The number of nitrogens with one attached hydrogen (secondary N) is 3. The Hall–Kier alpha value is -2.63. The molecule has 10 heteroatoms. The Labute approximate surface area is 203 Å². The molecule has 32 heavy (non-hydrogen) atoms. The Kier molecular flexibility index (Phi) is 10.4. The lowest BCUT2D eigenvalue weighted by molar-refractivity contribution is -0.0520. The monoisotopic (exact) mass is 559 g/mol. The minimum absolute atomic E-state index is 0. The summed E-state index contributed by atoms with van der Waals surface area (Å²) < 4.78 is 35.9. The Morgan fingerprint density at radius 2 is 1.94 bits per heavy atom. The Morgan fingerprint density at radius 1 is 1.12 bits per heavy atom. The predicted molar refractivity (Wildman–Crippen MR) is 132 cm³/mol. The number of imidazole rings is 1. The van der Waals surface area contributed by atoms with Crippen molar-refractivity contribution in [2.75, 3.05) is 19.7 Å². The molecule has 0 saturated heterocycles. The van der Waals surface area contributed by atoms with E-state index in [9.17, 15) is 8.78 Å². The average molecular weight is 559 g/mol. The van der Waals surface area contributed by atoms with Crippen LogP contribution in [0, 0.1) is 0 Å². The average Bonchev–Trinajstić information content (AvgIpc) is 3.16. The first-order valence-corrected chi connectivity index (χ1v) is 10.3. The molecule has 0 fully saturated rings. The molecule has 0 amide bonds. The van der Waals surface area contributed by atoms with E-state index in [4.69, 9.17) is 9.47 Å². The van der Waals surface area contributed by atoms with Crippen molar-refractivity contribution in [2.45, 2.75) is 33.4 Å². The number of alkyl halides is 2. The topological polar surface area (TPSA) is 83.6 Å². The van der Waals surface area contributed by atoms with Crippen LogP contribution < -0.4 is 20.1 Å². The number of guanidine groups is 1. The fourth-order valence-corrected chi connectivity index (χ4v) is 3.11. The van der Waals surface area contributed by atoms with Crippen LogP contribution in [0.3, 0.4) is 0 Å². The number of aromatic nitrogens is 2. The summed E-state index contributed by atoms with van der Waals surface area (Å²) in [4.78, 5) is 12.4. The van der Waals surface area contributed by atoms with Crippen LogP contribution in [-0.4, -0.2) is 42.2 Å². The smallest absolute Gasteiger partial charge is 0.387 e. The van der Waals surface area contributed by atoms with Crippen molar-refractivity contribution in [1.82, 2.24) is 20.6 Å². The molecule has 1 heterocycles. The fourth-order valence-electron chi connectivity index (χ4n) is 3.11. The van der Waals surface area contributed by atoms with Crippen molar-refractivity contribution in [3.05, 3.63) is 53.9 Å². The number of benzene rings is 2. The third-order valence-electron chi connectivity index (χ3n) is 4.41. The number of aromatic amines is 1. The molecule has 7 nitrogen and oxygen atoms in total. The second kappa shape index (κ2) is 13.0. The molecule has 0 aliphatic rings. The molecular weight excluding hydrogens is 531 g/mol. The molecule has 0 aliphatic heterocycles. The number of H-pyrrole nitrogens is 1. The number of nitrogens with zero attached hydrogens (tertiary/aromatic N) is 2. The van der Waals surface area contributed by atoms with E-state index < -0.39 is 6.61 Å². The minimum Gasteiger partial charge on any atom is -0.490 e. The highest BCUT2D eigenvalue weighted by atomic mass is 127. The molecule has 3 aromatic rings. The van der Waals surface area contributed by atoms with Crippen LogP contribution in [0.1, 0.15) is 25.2 Å². The molecule has 1 aromatic heterocycles. The second-order valence-electron chi connectivity index (χ2n) is 6.63. The maximum atomic E-state index is 12.9. The first-order chi connectivity index (χ1) is 15.1. The Balaban J connectivity index is 0.00000363. The van der Waals surface area contributed by atoms with Crippen molar-refractivity contribution in [2.24, 2.45) is 4.99 Å². The van der Waals surface area contributed by atoms with E-state index in [1.54, 1.807) is 25.1 Å². The lowest BCUT2D eigenvalue weighted by Crippen LogP contribution is -2.38. The molecule has 174 valence electrons. The number of aliphatic imine (C=N–C) groups is 1. The quantitative estimate of drug-likeness (QED) is 0.194. The highest BCUT2D eigenvalue weighted by Gasteiger charge is 2.15. The molecule has 0 spiro atoms. The number of hydrogen-bond acceptors (Lipinski definition) is 4. The van der Waals surface area contributed by atoms with E-state index >= 15 is 0 Å². The standard InChI is InChI=1S/C22H27F2N5O2.HI/c1-3-25-22(26-13-12-19-28-16-9-5-6-10-17(16)29-19)27-14-15-8-7-11-18(30-4-2)20(15)31-21(23)24;/h5-11,21H,3-4,12-14H2,1-2H3,(H,28,29)(H2,25,26,27);1H. The molecule has 0 aliphatic carbocycles. The van der Waals surface area contributed by atoms with Gasteiger partial charge in [0.2, 0.25) is 0 Å². The summed E-state index contributed by atoms with van der Waals surface area (Å²) in [6.07, 6.45) is 0.679. The molecule has 0 saturated carbocycles. The van der Waals surface area contributed by atoms with Gasteiger partial charge < -0.3 is 25.1 Å². The van der Waals surface area contributed by atoms with Crippen LogP contribution in [0.2, 0.25) is 0 Å². The largest absolute Gasteiger partial charge is 0.490 e. The van der Waals surface area contributed by atoms with Gasteiger partial charge in [0.05, 0.1) is 24.2 Å². The number of rotatable bonds is 10.